The predicted octanol–water partition coefficient (Wildman–Crippen LogP) is 2.74. The standard InChI is InChI=1S/C27H36N4O7/c1-37-25(34)16-12-17(26(35)38-2)14-19(13-16)28-23(32)15-22-24(33)30-20-10-6-7-11-21(20)31(22)27(36)29-18-8-4-3-5-9-18/h12-14,18,20-22H,3-11,15H2,1-2H3,(H,28,32)(H,29,36)(H,30,33). The van der Waals surface area contributed by atoms with E-state index in [0.29, 0.717) is 0 Å². The third-order valence-corrected chi connectivity index (χ3v) is 7.66. The van der Waals surface area contributed by atoms with Crippen molar-refractivity contribution in [3.8, 4) is 0 Å². The Bertz CT molecular complexity index is 1050. The average molecular weight is 529 g/mol. The van der Waals surface area contributed by atoms with Gasteiger partial charge in [-0.3, -0.25) is 9.59 Å². The summed E-state index contributed by atoms with van der Waals surface area (Å²) in [5.74, 6) is -2.27. The molecular formula is C27H36N4O7. The number of esters is 2. The van der Waals surface area contributed by atoms with Crippen molar-refractivity contribution < 1.29 is 33.4 Å². The fraction of sp³-hybridized carbons (Fsp3) is 0.593. The summed E-state index contributed by atoms with van der Waals surface area (Å²) < 4.78 is 9.49. The number of fused-ring (bicyclic) bond motifs is 1. The number of hydrogen-bond acceptors (Lipinski definition) is 7. The summed E-state index contributed by atoms with van der Waals surface area (Å²) in [5, 5.41) is 8.82. The second-order valence-corrected chi connectivity index (χ2v) is 10.2. The van der Waals surface area contributed by atoms with Crippen LogP contribution in [0.5, 0.6) is 0 Å². The first-order chi connectivity index (χ1) is 18.3. The first-order valence-electron chi connectivity index (χ1n) is 13.3. The summed E-state index contributed by atoms with van der Waals surface area (Å²) in [6.45, 7) is 0. The van der Waals surface area contributed by atoms with Crippen molar-refractivity contribution in [3.63, 3.8) is 0 Å². The number of piperazine rings is 1. The van der Waals surface area contributed by atoms with Gasteiger partial charge in [-0.1, -0.05) is 32.1 Å². The van der Waals surface area contributed by atoms with Gasteiger partial charge in [0.2, 0.25) is 11.8 Å². The molecule has 11 nitrogen and oxygen atoms in total. The van der Waals surface area contributed by atoms with Crippen molar-refractivity contribution in [2.45, 2.75) is 88.4 Å². The minimum Gasteiger partial charge on any atom is -0.465 e. The number of nitrogens with one attached hydrogen (secondary N) is 3. The molecule has 1 saturated heterocycles. The maximum atomic E-state index is 13.5. The Hall–Kier alpha value is -3.63. The fourth-order valence-electron chi connectivity index (χ4n) is 5.79. The highest BCUT2D eigenvalue weighted by molar-refractivity contribution is 6.01. The lowest BCUT2D eigenvalue weighted by Gasteiger charge is -2.48. The van der Waals surface area contributed by atoms with Gasteiger partial charge in [0, 0.05) is 17.8 Å². The van der Waals surface area contributed by atoms with Gasteiger partial charge in [0.25, 0.3) is 0 Å². The van der Waals surface area contributed by atoms with Gasteiger partial charge in [-0.05, 0) is 43.9 Å². The van der Waals surface area contributed by atoms with Crippen molar-refractivity contribution in [1.29, 1.82) is 0 Å². The average Bonchev–Trinajstić information content (AvgIpc) is 2.92. The fourth-order valence-corrected chi connectivity index (χ4v) is 5.79. The highest BCUT2D eigenvalue weighted by Crippen LogP contribution is 2.30. The molecule has 1 heterocycles. The summed E-state index contributed by atoms with van der Waals surface area (Å²) in [6, 6.07) is 2.52. The molecule has 38 heavy (non-hydrogen) atoms. The molecule has 1 aliphatic heterocycles. The monoisotopic (exact) mass is 528 g/mol. The maximum Gasteiger partial charge on any atom is 0.337 e. The number of nitrogens with zero attached hydrogens (tertiary/aromatic N) is 1. The normalized spacial score (nSPS) is 23.5. The topological polar surface area (TPSA) is 143 Å². The van der Waals surface area contributed by atoms with Gasteiger partial charge in [0.05, 0.1) is 37.8 Å². The molecule has 2 saturated carbocycles. The molecule has 4 rings (SSSR count). The molecule has 0 radical (unpaired) electrons. The number of hydrogen-bond donors (Lipinski definition) is 3. The van der Waals surface area contributed by atoms with E-state index in [1.807, 2.05) is 0 Å². The van der Waals surface area contributed by atoms with E-state index in [1.165, 1.54) is 32.4 Å². The van der Waals surface area contributed by atoms with Gasteiger partial charge < -0.3 is 30.3 Å². The minimum atomic E-state index is -0.984. The Balaban J connectivity index is 1.54. The number of benzene rings is 1. The quantitative estimate of drug-likeness (QED) is 0.482. The van der Waals surface area contributed by atoms with Gasteiger partial charge >= 0.3 is 18.0 Å². The maximum absolute atomic E-state index is 13.5. The molecule has 11 heteroatoms. The van der Waals surface area contributed by atoms with Crippen LogP contribution in [0.3, 0.4) is 0 Å². The number of rotatable bonds is 6. The van der Waals surface area contributed by atoms with Gasteiger partial charge in [-0.25, -0.2) is 14.4 Å². The van der Waals surface area contributed by atoms with Crippen molar-refractivity contribution in [1.82, 2.24) is 15.5 Å². The number of amides is 4. The number of carbonyl (C=O) groups is 5. The lowest BCUT2D eigenvalue weighted by molar-refractivity contribution is -0.135. The van der Waals surface area contributed by atoms with E-state index in [4.69, 9.17) is 9.47 Å². The van der Waals surface area contributed by atoms with Gasteiger partial charge in [-0.15, -0.1) is 0 Å². The van der Waals surface area contributed by atoms with Gasteiger partial charge in [0.1, 0.15) is 6.04 Å². The molecule has 1 aromatic carbocycles. The van der Waals surface area contributed by atoms with Crippen LogP contribution in [0.15, 0.2) is 18.2 Å². The lowest BCUT2D eigenvalue weighted by atomic mass is 9.85. The van der Waals surface area contributed by atoms with Crippen LogP contribution < -0.4 is 16.0 Å². The molecule has 0 aromatic heterocycles. The zero-order valence-electron chi connectivity index (χ0n) is 21.9. The third kappa shape index (κ3) is 6.25. The SMILES string of the molecule is COC(=O)c1cc(NC(=O)CC2C(=O)NC3CCCCC3N2C(=O)NC2CCCCC2)cc(C(=O)OC)c1. The van der Waals surface area contributed by atoms with E-state index >= 15 is 0 Å². The van der Waals surface area contributed by atoms with Crippen molar-refractivity contribution in [2.24, 2.45) is 0 Å². The summed E-state index contributed by atoms with van der Waals surface area (Å²) in [5.41, 5.74) is 0.280. The van der Waals surface area contributed by atoms with Crippen LogP contribution in [0.2, 0.25) is 0 Å². The smallest absolute Gasteiger partial charge is 0.337 e. The summed E-state index contributed by atoms with van der Waals surface area (Å²) >= 11 is 0. The molecule has 3 atom stereocenters. The minimum absolute atomic E-state index is 0.0552. The lowest BCUT2D eigenvalue weighted by Crippen LogP contribution is -2.69. The zero-order chi connectivity index (χ0) is 27.2. The molecule has 3 aliphatic rings. The Morgan fingerprint density at radius 3 is 2.13 bits per heavy atom. The van der Waals surface area contributed by atoms with E-state index in [-0.39, 0.29) is 53.3 Å². The third-order valence-electron chi connectivity index (χ3n) is 7.66. The van der Waals surface area contributed by atoms with Crippen LogP contribution in [0.25, 0.3) is 0 Å². The molecule has 3 N–H and O–H groups in total. The first kappa shape index (κ1) is 27.4. The molecule has 0 bridgehead atoms. The van der Waals surface area contributed by atoms with Crippen molar-refractivity contribution in [2.75, 3.05) is 19.5 Å². The van der Waals surface area contributed by atoms with Crippen LogP contribution >= 0.6 is 0 Å². The van der Waals surface area contributed by atoms with E-state index in [0.717, 1.165) is 57.8 Å². The number of carbonyl (C=O) groups excluding carboxylic acids is 5. The Kier molecular flexibility index (Phi) is 8.85. The Morgan fingerprint density at radius 1 is 0.895 bits per heavy atom. The summed E-state index contributed by atoms with van der Waals surface area (Å²) in [7, 11) is 2.41. The van der Waals surface area contributed by atoms with E-state index in [9.17, 15) is 24.0 Å². The molecule has 3 unspecified atom stereocenters. The number of urea groups is 1. The van der Waals surface area contributed by atoms with Gasteiger partial charge in [0.15, 0.2) is 0 Å². The first-order valence-corrected chi connectivity index (χ1v) is 13.3. The Labute approximate surface area is 222 Å². The van der Waals surface area contributed by atoms with Gasteiger partial charge in [-0.2, -0.15) is 0 Å². The highest BCUT2D eigenvalue weighted by atomic mass is 16.5. The van der Waals surface area contributed by atoms with E-state index < -0.39 is 23.9 Å². The number of anilines is 1. The zero-order valence-corrected chi connectivity index (χ0v) is 21.9. The number of ether oxygens (including phenoxy) is 2. The second kappa shape index (κ2) is 12.3. The van der Waals surface area contributed by atoms with E-state index in [2.05, 4.69) is 16.0 Å². The summed E-state index contributed by atoms with van der Waals surface area (Å²) in [6.07, 6.45) is 8.27. The van der Waals surface area contributed by atoms with Crippen molar-refractivity contribution >= 4 is 35.5 Å². The predicted molar refractivity (Wildman–Crippen MR) is 138 cm³/mol. The molecule has 206 valence electrons. The molecule has 0 spiro atoms. The molecule has 3 fully saturated rings. The summed E-state index contributed by atoms with van der Waals surface area (Å²) in [4.78, 5) is 65.6. The van der Waals surface area contributed by atoms with Crippen LogP contribution in [0.1, 0.15) is 84.9 Å². The molecule has 1 aromatic rings. The van der Waals surface area contributed by atoms with Crippen LogP contribution in [0.4, 0.5) is 10.5 Å². The molecular weight excluding hydrogens is 492 g/mol. The van der Waals surface area contributed by atoms with Crippen molar-refractivity contribution in [3.05, 3.63) is 29.3 Å². The second-order valence-electron chi connectivity index (χ2n) is 10.2. The van der Waals surface area contributed by atoms with Crippen LogP contribution in [-0.4, -0.2) is 73.1 Å². The van der Waals surface area contributed by atoms with E-state index in [1.54, 1.807) is 4.90 Å². The molecule has 4 amide bonds. The van der Waals surface area contributed by atoms with Crippen LogP contribution in [0, 0.1) is 0 Å². The largest absolute Gasteiger partial charge is 0.465 e. The number of methoxy groups -OCH3 is 2. The molecule has 2 aliphatic carbocycles. The Morgan fingerprint density at radius 2 is 1.50 bits per heavy atom. The van der Waals surface area contributed by atoms with Crippen LogP contribution in [-0.2, 0) is 19.1 Å². The highest BCUT2D eigenvalue weighted by Gasteiger charge is 2.46.